The van der Waals surface area contributed by atoms with E-state index in [4.69, 9.17) is 0 Å². The first-order valence-electron chi connectivity index (χ1n) is 10.1. The van der Waals surface area contributed by atoms with E-state index >= 15 is 0 Å². The van der Waals surface area contributed by atoms with Crippen molar-refractivity contribution in [2.75, 3.05) is 19.6 Å². The van der Waals surface area contributed by atoms with Gasteiger partial charge in [-0.25, -0.2) is 0 Å². The molecule has 6 heteroatoms. The van der Waals surface area contributed by atoms with Crippen LogP contribution in [0.25, 0.3) is 0 Å². The minimum Gasteiger partial charge on any atom is -0.309 e. The Kier molecular flexibility index (Phi) is 6.24. The summed E-state index contributed by atoms with van der Waals surface area (Å²) in [6.07, 6.45) is 14.7. The van der Waals surface area contributed by atoms with E-state index in [-0.39, 0.29) is 0 Å². The molecule has 144 valence electrons. The van der Waals surface area contributed by atoms with Crippen molar-refractivity contribution >= 4 is 11.8 Å². The molecule has 2 aromatic heterocycles. The van der Waals surface area contributed by atoms with Gasteiger partial charge in [0.1, 0.15) is 5.82 Å². The van der Waals surface area contributed by atoms with E-state index in [2.05, 4.69) is 56.0 Å². The Labute approximate surface area is 166 Å². The molecule has 4 rings (SSSR count). The Morgan fingerprint density at radius 3 is 2.63 bits per heavy atom. The molecule has 0 radical (unpaired) electrons. The highest BCUT2D eigenvalue weighted by atomic mass is 32.2. The van der Waals surface area contributed by atoms with Crippen molar-refractivity contribution in [3.8, 4) is 0 Å². The van der Waals surface area contributed by atoms with Crippen molar-refractivity contribution in [3.63, 3.8) is 0 Å². The van der Waals surface area contributed by atoms with E-state index in [1.807, 2.05) is 12.4 Å². The zero-order chi connectivity index (χ0) is 18.5. The predicted molar refractivity (Wildman–Crippen MR) is 110 cm³/mol. The molecular formula is C21H29N5S. The molecule has 2 aromatic rings. The third kappa shape index (κ3) is 4.79. The molecule has 3 heterocycles. The number of piperidine rings is 1. The van der Waals surface area contributed by atoms with Crippen molar-refractivity contribution in [1.82, 2.24) is 24.6 Å². The standard InChI is InChI=1S/C21H29N5S/c1-25-20(23-24-21(25)27-16-18-7-11-22-12-8-18)19-9-13-26(14-10-19)15-17-5-3-2-4-6-17/h2-3,7-8,11-12,17,19H,4-6,9-10,13-16H2,1H3/t17-/m0/s1. The predicted octanol–water partition coefficient (Wildman–Crippen LogP) is 4.04. The van der Waals surface area contributed by atoms with Crippen LogP contribution < -0.4 is 0 Å². The van der Waals surface area contributed by atoms with E-state index in [9.17, 15) is 0 Å². The van der Waals surface area contributed by atoms with Gasteiger partial charge in [-0.15, -0.1) is 10.2 Å². The van der Waals surface area contributed by atoms with Crippen LogP contribution in [0.15, 0.2) is 41.8 Å². The maximum atomic E-state index is 4.54. The Balaban J connectivity index is 1.29. The molecule has 0 N–H and O–H groups in total. The Morgan fingerprint density at radius 2 is 1.89 bits per heavy atom. The van der Waals surface area contributed by atoms with Gasteiger partial charge in [-0.2, -0.15) is 0 Å². The van der Waals surface area contributed by atoms with Crippen LogP contribution in [0.5, 0.6) is 0 Å². The van der Waals surface area contributed by atoms with E-state index in [0.717, 1.165) is 22.7 Å². The van der Waals surface area contributed by atoms with Crippen molar-refractivity contribution in [1.29, 1.82) is 0 Å². The molecule has 1 saturated heterocycles. The fourth-order valence-corrected chi connectivity index (χ4v) is 5.07. The Bertz CT molecular complexity index is 749. The third-order valence-electron chi connectivity index (χ3n) is 5.83. The second-order valence-electron chi connectivity index (χ2n) is 7.77. The zero-order valence-corrected chi connectivity index (χ0v) is 16.9. The van der Waals surface area contributed by atoms with Crippen molar-refractivity contribution in [2.24, 2.45) is 13.0 Å². The highest BCUT2D eigenvalue weighted by Gasteiger charge is 2.26. The van der Waals surface area contributed by atoms with Gasteiger partial charge in [0, 0.05) is 37.7 Å². The average molecular weight is 384 g/mol. The molecule has 5 nitrogen and oxygen atoms in total. The van der Waals surface area contributed by atoms with Crippen LogP contribution in [0, 0.1) is 5.92 Å². The van der Waals surface area contributed by atoms with Crippen molar-refractivity contribution in [2.45, 2.75) is 48.9 Å². The molecule has 1 atom stereocenters. The molecule has 0 spiro atoms. The molecule has 1 aliphatic carbocycles. The van der Waals surface area contributed by atoms with Crippen LogP contribution >= 0.6 is 11.8 Å². The normalized spacial score (nSPS) is 21.6. The highest BCUT2D eigenvalue weighted by Crippen LogP contribution is 2.30. The zero-order valence-electron chi connectivity index (χ0n) is 16.1. The lowest BCUT2D eigenvalue weighted by Crippen LogP contribution is -2.37. The highest BCUT2D eigenvalue weighted by molar-refractivity contribution is 7.98. The molecule has 0 saturated carbocycles. The number of rotatable bonds is 6. The third-order valence-corrected chi connectivity index (χ3v) is 6.92. The molecule has 1 fully saturated rings. The quantitative estimate of drug-likeness (QED) is 0.556. The summed E-state index contributed by atoms with van der Waals surface area (Å²) in [5, 5.41) is 10.0. The molecule has 0 aromatic carbocycles. The minimum absolute atomic E-state index is 0.542. The van der Waals surface area contributed by atoms with Crippen molar-refractivity contribution in [3.05, 3.63) is 48.1 Å². The Morgan fingerprint density at radius 1 is 1.07 bits per heavy atom. The first-order chi connectivity index (χ1) is 13.3. The van der Waals surface area contributed by atoms with Crippen molar-refractivity contribution < 1.29 is 0 Å². The lowest BCUT2D eigenvalue weighted by Gasteiger charge is -2.34. The van der Waals surface area contributed by atoms with E-state index < -0.39 is 0 Å². The van der Waals surface area contributed by atoms with Gasteiger partial charge in [0.05, 0.1) is 0 Å². The van der Waals surface area contributed by atoms with Gasteiger partial charge in [0.25, 0.3) is 0 Å². The largest absolute Gasteiger partial charge is 0.309 e. The van der Waals surface area contributed by atoms with Crippen LogP contribution in [-0.2, 0) is 12.8 Å². The molecule has 0 unspecified atom stereocenters. The number of thioether (sulfide) groups is 1. The molecular weight excluding hydrogens is 354 g/mol. The van der Waals surface area contributed by atoms with Gasteiger partial charge in [-0.3, -0.25) is 4.98 Å². The molecule has 1 aliphatic heterocycles. The van der Waals surface area contributed by atoms with Crippen LogP contribution in [0.3, 0.4) is 0 Å². The summed E-state index contributed by atoms with van der Waals surface area (Å²) in [5.74, 6) is 3.47. The van der Waals surface area contributed by atoms with Gasteiger partial charge in [0.2, 0.25) is 0 Å². The average Bonchev–Trinajstić information content (AvgIpc) is 3.09. The second-order valence-corrected chi connectivity index (χ2v) is 8.71. The fraction of sp³-hybridized carbons (Fsp3) is 0.571. The number of nitrogens with zero attached hydrogens (tertiary/aromatic N) is 5. The topological polar surface area (TPSA) is 46.8 Å². The summed E-state index contributed by atoms with van der Waals surface area (Å²) in [5.41, 5.74) is 1.27. The SMILES string of the molecule is Cn1c(SCc2ccncc2)nnc1C1CCN(C[C@H]2CC=CCC2)CC1. The number of likely N-dealkylation sites (tertiary alicyclic amines) is 1. The molecule has 0 amide bonds. The lowest BCUT2D eigenvalue weighted by atomic mass is 9.91. The number of allylic oxidation sites excluding steroid dienone is 2. The molecule has 2 aliphatic rings. The summed E-state index contributed by atoms with van der Waals surface area (Å²) in [6.45, 7) is 3.65. The van der Waals surface area contributed by atoms with Crippen LogP contribution in [0.4, 0.5) is 0 Å². The van der Waals surface area contributed by atoms with Crippen LogP contribution in [0.2, 0.25) is 0 Å². The summed E-state index contributed by atoms with van der Waals surface area (Å²) in [6, 6.07) is 4.12. The van der Waals surface area contributed by atoms with Gasteiger partial charge in [-0.1, -0.05) is 23.9 Å². The first-order valence-corrected chi connectivity index (χ1v) is 11.1. The summed E-state index contributed by atoms with van der Waals surface area (Å²) < 4.78 is 2.21. The Hall–Kier alpha value is -1.66. The monoisotopic (exact) mass is 383 g/mol. The van der Waals surface area contributed by atoms with Gasteiger partial charge in [-0.05, 0) is 68.8 Å². The maximum Gasteiger partial charge on any atom is 0.191 e. The fourth-order valence-electron chi connectivity index (χ4n) is 4.20. The van der Waals surface area contributed by atoms with Gasteiger partial charge >= 0.3 is 0 Å². The first kappa shape index (κ1) is 18.7. The van der Waals surface area contributed by atoms with E-state index in [1.165, 1.54) is 57.3 Å². The van der Waals surface area contributed by atoms with Gasteiger partial charge < -0.3 is 9.47 Å². The second kappa shape index (κ2) is 9.02. The maximum absolute atomic E-state index is 4.54. The summed E-state index contributed by atoms with van der Waals surface area (Å²) in [4.78, 5) is 6.74. The van der Waals surface area contributed by atoms with Crippen LogP contribution in [-0.4, -0.2) is 44.3 Å². The smallest absolute Gasteiger partial charge is 0.191 e. The summed E-state index contributed by atoms with van der Waals surface area (Å²) in [7, 11) is 2.12. The number of hydrogen-bond acceptors (Lipinski definition) is 5. The van der Waals surface area contributed by atoms with E-state index in [1.54, 1.807) is 11.8 Å². The summed E-state index contributed by atoms with van der Waals surface area (Å²) >= 11 is 1.75. The number of hydrogen-bond donors (Lipinski definition) is 0. The minimum atomic E-state index is 0.542. The molecule has 0 bridgehead atoms. The molecule has 27 heavy (non-hydrogen) atoms. The van der Waals surface area contributed by atoms with Gasteiger partial charge in [0.15, 0.2) is 5.16 Å². The lowest BCUT2D eigenvalue weighted by molar-refractivity contribution is 0.174. The number of pyridine rings is 1. The van der Waals surface area contributed by atoms with Crippen LogP contribution in [0.1, 0.15) is 49.4 Å². The number of aromatic nitrogens is 4. The van der Waals surface area contributed by atoms with E-state index in [0.29, 0.717) is 5.92 Å².